The summed E-state index contributed by atoms with van der Waals surface area (Å²) in [7, 11) is 0. The monoisotopic (exact) mass is 292 g/mol. The molecule has 0 atom stereocenters. The van der Waals surface area contributed by atoms with Crippen molar-refractivity contribution in [1.82, 2.24) is 14.8 Å². The van der Waals surface area contributed by atoms with Crippen molar-refractivity contribution in [2.75, 3.05) is 5.73 Å². The highest BCUT2D eigenvalue weighted by Gasteiger charge is 2.15. The van der Waals surface area contributed by atoms with Gasteiger partial charge in [-0.05, 0) is 30.0 Å². The molecule has 0 fully saturated rings. The van der Waals surface area contributed by atoms with E-state index in [0.717, 1.165) is 18.4 Å². The molecule has 5 heteroatoms. The molecule has 3 rings (SSSR count). The minimum Gasteiger partial charge on any atom is -0.368 e. The van der Waals surface area contributed by atoms with Crippen LogP contribution in [-0.2, 0) is 12.8 Å². The lowest BCUT2D eigenvalue weighted by Gasteiger charge is -2.09. The first kappa shape index (κ1) is 14.0. The molecule has 2 aromatic carbocycles. The first-order valence-corrected chi connectivity index (χ1v) is 7.08. The molecule has 22 heavy (non-hydrogen) atoms. The largest absolute Gasteiger partial charge is 0.368 e. The number of carbonyl (C=O) groups excluding carboxylic acids is 1. The molecular weight excluding hydrogens is 276 g/mol. The number of carbonyl (C=O) groups is 1. The Kier molecular flexibility index (Phi) is 3.96. The van der Waals surface area contributed by atoms with Crippen LogP contribution in [0.15, 0.2) is 60.9 Å². The van der Waals surface area contributed by atoms with E-state index in [0.29, 0.717) is 5.56 Å². The van der Waals surface area contributed by atoms with Gasteiger partial charge in [0.1, 0.15) is 6.33 Å². The van der Waals surface area contributed by atoms with Gasteiger partial charge < -0.3 is 5.73 Å². The number of nitrogens with two attached hydrogens (primary N) is 1. The van der Waals surface area contributed by atoms with Gasteiger partial charge in [0.05, 0.1) is 0 Å². The predicted molar refractivity (Wildman–Crippen MR) is 84.5 cm³/mol. The second kappa shape index (κ2) is 6.22. The molecule has 0 aliphatic rings. The van der Waals surface area contributed by atoms with E-state index in [4.69, 9.17) is 5.73 Å². The van der Waals surface area contributed by atoms with Crippen LogP contribution in [0, 0.1) is 0 Å². The molecule has 0 bridgehead atoms. The highest BCUT2D eigenvalue weighted by Crippen LogP contribution is 2.15. The van der Waals surface area contributed by atoms with Crippen molar-refractivity contribution in [1.29, 1.82) is 0 Å². The summed E-state index contributed by atoms with van der Waals surface area (Å²) in [4.78, 5) is 12.6. The van der Waals surface area contributed by atoms with Gasteiger partial charge in [-0.1, -0.05) is 48.5 Å². The van der Waals surface area contributed by atoms with E-state index in [2.05, 4.69) is 22.3 Å². The Morgan fingerprint density at radius 1 is 1.00 bits per heavy atom. The second-order valence-corrected chi connectivity index (χ2v) is 5.01. The van der Waals surface area contributed by atoms with Crippen LogP contribution >= 0.6 is 0 Å². The molecule has 1 heterocycles. The van der Waals surface area contributed by atoms with Gasteiger partial charge in [0.2, 0.25) is 5.95 Å². The van der Waals surface area contributed by atoms with E-state index >= 15 is 0 Å². The van der Waals surface area contributed by atoms with Crippen molar-refractivity contribution in [2.45, 2.75) is 12.8 Å². The maximum Gasteiger partial charge on any atom is 0.266 e. The van der Waals surface area contributed by atoms with Crippen LogP contribution in [0.1, 0.15) is 21.5 Å². The Bertz CT molecular complexity index is 780. The van der Waals surface area contributed by atoms with Gasteiger partial charge >= 0.3 is 0 Å². The summed E-state index contributed by atoms with van der Waals surface area (Å²) in [5.74, 6) is -0.103. The summed E-state index contributed by atoms with van der Waals surface area (Å²) in [6, 6.07) is 17.8. The minimum atomic E-state index is -0.203. The molecule has 0 amide bonds. The van der Waals surface area contributed by atoms with Crippen molar-refractivity contribution in [3.05, 3.63) is 77.6 Å². The number of aromatic nitrogens is 3. The number of nitrogens with zero attached hydrogens (tertiary/aromatic N) is 3. The molecule has 2 N–H and O–H groups in total. The number of nitrogen functional groups attached to an aromatic ring is 1. The van der Waals surface area contributed by atoms with Gasteiger partial charge in [0, 0.05) is 5.56 Å². The lowest BCUT2D eigenvalue weighted by molar-refractivity contribution is 0.0961. The molecule has 0 unspecified atom stereocenters. The van der Waals surface area contributed by atoms with E-state index in [1.54, 1.807) is 0 Å². The Balaban J connectivity index is 1.84. The van der Waals surface area contributed by atoms with Crippen LogP contribution in [0.5, 0.6) is 0 Å². The molecule has 3 aromatic rings. The Morgan fingerprint density at radius 3 is 2.45 bits per heavy atom. The fraction of sp³-hybridized carbons (Fsp3) is 0.118. The third-order valence-corrected chi connectivity index (χ3v) is 3.57. The van der Waals surface area contributed by atoms with Crippen LogP contribution in [-0.4, -0.2) is 20.7 Å². The van der Waals surface area contributed by atoms with Gasteiger partial charge in [-0.3, -0.25) is 4.79 Å². The lowest BCUT2D eigenvalue weighted by atomic mass is 9.99. The quantitative estimate of drug-likeness (QED) is 0.801. The topological polar surface area (TPSA) is 73.8 Å². The number of rotatable bonds is 4. The second-order valence-electron chi connectivity index (χ2n) is 5.01. The summed E-state index contributed by atoms with van der Waals surface area (Å²) >= 11 is 0. The third kappa shape index (κ3) is 2.88. The first-order valence-electron chi connectivity index (χ1n) is 7.08. The van der Waals surface area contributed by atoms with Gasteiger partial charge in [0.15, 0.2) is 0 Å². The molecule has 0 saturated carbocycles. The van der Waals surface area contributed by atoms with Crippen molar-refractivity contribution in [3.63, 3.8) is 0 Å². The zero-order valence-electron chi connectivity index (χ0n) is 12.0. The summed E-state index contributed by atoms with van der Waals surface area (Å²) in [6.45, 7) is 0. The lowest BCUT2D eigenvalue weighted by Crippen LogP contribution is -2.16. The Morgan fingerprint density at radius 2 is 1.73 bits per heavy atom. The van der Waals surface area contributed by atoms with Gasteiger partial charge in [0.25, 0.3) is 5.91 Å². The number of anilines is 1. The van der Waals surface area contributed by atoms with Gasteiger partial charge in [-0.15, -0.1) is 10.2 Å². The van der Waals surface area contributed by atoms with E-state index in [1.165, 1.54) is 16.5 Å². The fourth-order valence-corrected chi connectivity index (χ4v) is 2.40. The van der Waals surface area contributed by atoms with Crippen LogP contribution in [0.2, 0.25) is 0 Å². The van der Waals surface area contributed by atoms with Crippen LogP contribution in [0.4, 0.5) is 5.95 Å². The molecule has 0 spiro atoms. The molecule has 0 radical (unpaired) electrons. The van der Waals surface area contributed by atoms with Crippen LogP contribution in [0.3, 0.4) is 0 Å². The summed E-state index contributed by atoms with van der Waals surface area (Å²) in [5, 5.41) is 7.32. The third-order valence-electron chi connectivity index (χ3n) is 3.57. The molecule has 0 saturated heterocycles. The molecule has 0 aliphatic heterocycles. The Labute approximate surface area is 128 Å². The van der Waals surface area contributed by atoms with Gasteiger partial charge in [-0.25, -0.2) is 4.57 Å². The molecule has 0 aliphatic carbocycles. The zero-order chi connectivity index (χ0) is 15.4. The average Bonchev–Trinajstić information content (AvgIpc) is 2.99. The average molecular weight is 292 g/mol. The fourth-order valence-electron chi connectivity index (χ4n) is 2.40. The van der Waals surface area contributed by atoms with Crippen LogP contribution < -0.4 is 5.73 Å². The highest BCUT2D eigenvalue weighted by atomic mass is 16.2. The molecular formula is C17H16N4O. The van der Waals surface area contributed by atoms with Crippen LogP contribution in [0.25, 0.3) is 0 Å². The van der Waals surface area contributed by atoms with E-state index in [-0.39, 0.29) is 11.9 Å². The van der Waals surface area contributed by atoms with Crippen molar-refractivity contribution >= 4 is 11.9 Å². The Hall–Kier alpha value is -2.95. The normalized spacial score (nSPS) is 10.5. The standard InChI is InChI=1S/C17H16N4O/c18-17-20-19-12-21(17)16(22)15-9-5-4-8-14(15)11-10-13-6-2-1-3-7-13/h1-9,12H,10-11H2,(H2,18,20). The number of hydrogen-bond acceptors (Lipinski definition) is 4. The van der Waals surface area contributed by atoms with Gasteiger partial charge in [-0.2, -0.15) is 0 Å². The number of aryl methyl sites for hydroxylation is 2. The van der Waals surface area contributed by atoms with E-state index in [9.17, 15) is 4.79 Å². The van der Waals surface area contributed by atoms with E-state index in [1.807, 2.05) is 42.5 Å². The molecule has 110 valence electrons. The highest BCUT2D eigenvalue weighted by molar-refractivity contribution is 5.98. The van der Waals surface area contributed by atoms with Crippen molar-refractivity contribution < 1.29 is 4.79 Å². The maximum absolute atomic E-state index is 12.6. The van der Waals surface area contributed by atoms with Crippen molar-refractivity contribution in [2.24, 2.45) is 0 Å². The maximum atomic E-state index is 12.6. The molecule has 1 aromatic heterocycles. The SMILES string of the molecule is Nc1nncn1C(=O)c1ccccc1CCc1ccccc1. The molecule has 5 nitrogen and oxygen atoms in total. The minimum absolute atomic E-state index is 0.0999. The first-order chi connectivity index (χ1) is 10.8. The van der Waals surface area contributed by atoms with E-state index < -0.39 is 0 Å². The number of benzene rings is 2. The smallest absolute Gasteiger partial charge is 0.266 e. The summed E-state index contributed by atoms with van der Waals surface area (Å²) in [5.41, 5.74) is 8.53. The summed E-state index contributed by atoms with van der Waals surface area (Å²) in [6.07, 6.45) is 3.00. The predicted octanol–water partition coefficient (Wildman–Crippen LogP) is 2.33. The van der Waals surface area contributed by atoms with Crippen molar-refractivity contribution in [3.8, 4) is 0 Å². The summed E-state index contributed by atoms with van der Waals surface area (Å²) < 4.78 is 1.27. The zero-order valence-corrected chi connectivity index (χ0v) is 12.0. The number of hydrogen-bond donors (Lipinski definition) is 1.